The zero-order valence-electron chi connectivity index (χ0n) is 19.2. The first-order valence-corrected chi connectivity index (χ1v) is 11.9. The zero-order valence-corrected chi connectivity index (χ0v) is 19.2. The molecule has 6 nitrogen and oxygen atoms in total. The van der Waals surface area contributed by atoms with Crippen molar-refractivity contribution in [3.8, 4) is 0 Å². The molecule has 6 heteroatoms. The SMILES string of the molecule is CC(C)Cc1nc2c(C(=O)NCc3cccc(CN)c3)cccn2c1NC1CCCCC1. The van der Waals surface area contributed by atoms with E-state index in [1.807, 2.05) is 42.6 Å². The van der Waals surface area contributed by atoms with Crippen molar-refractivity contribution in [2.24, 2.45) is 11.7 Å². The first-order valence-electron chi connectivity index (χ1n) is 11.9. The first kappa shape index (κ1) is 22.3. The molecule has 1 amide bonds. The number of pyridine rings is 1. The van der Waals surface area contributed by atoms with E-state index in [-0.39, 0.29) is 5.91 Å². The third kappa shape index (κ3) is 5.13. The molecule has 0 radical (unpaired) electrons. The highest BCUT2D eigenvalue weighted by molar-refractivity contribution is 6.00. The topological polar surface area (TPSA) is 84.5 Å². The minimum atomic E-state index is -0.112. The normalized spacial score (nSPS) is 14.8. The van der Waals surface area contributed by atoms with Crippen molar-refractivity contribution < 1.29 is 4.79 Å². The fraction of sp³-hybridized carbons (Fsp3) is 0.462. The Hall–Kier alpha value is -2.86. The molecular formula is C26H35N5O. The summed E-state index contributed by atoms with van der Waals surface area (Å²) in [4.78, 5) is 18.1. The van der Waals surface area contributed by atoms with Gasteiger partial charge in [-0.15, -0.1) is 0 Å². The number of carbonyl (C=O) groups is 1. The smallest absolute Gasteiger partial charge is 0.255 e. The van der Waals surface area contributed by atoms with Gasteiger partial charge in [-0.05, 0) is 48.4 Å². The van der Waals surface area contributed by atoms with Crippen LogP contribution in [0.5, 0.6) is 0 Å². The minimum absolute atomic E-state index is 0.112. The lowest BCUT2D eigenvalue weighted by Gasteiger charge is -2.24. The van der Waals surface area contributed by atoms with E-state index in [1.54, 1.807) is 0 Å². The average Bonchev–Trinajstić information content (AvgIpc) is 3.14. The number of imidazole rings is 1. The van der Waals surface area contributed by atoms with Gasteiger partial charge in [-0.1, -0.05) is 57.4 Å². The van der Waals surface area contributed by atoms with Crippen LogP contribution in [-0.2, 0) is 19.5 Å². The molecule has 4 rings (SSSR count). The number of hydrogen-bond donors (Lipinski definition) is 3. The van der Waals surface area contributed by atoms with Crippen LogP contribution in [-0.4, -0.2) is 21.3 Å². The van der Waals surface area contributed by atoms with Crippen LogP contribution < -0.4 is 16.4 Å². The number of nitrogens with zero attached hydrogens (tertiary/aromatic N) is 2. The molecule has 0 bridgehead atoms. The Morgan fingerprint density at radius 1 is 1.16 bits per heavy atom. The van der Waals surface area contributed by atoms with Crippen molar-refractivity contribution in [1.82, 2.24) is 14.7 Å². The summed E-state index contributed by atoms with van der Waals surface area (Å²) in [5.41, 5.74) is 10.2. The van der Waals surface area contributed by atoms with Gasteiger partial charge in [-0.2, -0.15) is 0 Å². The lowest BCUT2D eigenvalue weighted by atomic mass is 9.95. The Balaban J connectivity index is 1.60. The number of carbonyl (C=O) groups excluding carboxylic acids is 1. The summed E-state index contributed by atoms with van der Waals surface area (Å²) in [5, 5.41) is 6.83. The number of aromatic nitrogens is 2. The molecule has 2 aromatic heterocycles. The second kappa shape index (κ2) is 10.2. The van der Waals surface area contributed by atoms with Crippen LogP contribution >= 0.6 is 0 Å². The van der Waals surface area contributed by atoms with Crippen molar-refractivity contribution in [2.75, 3.05) is 5.32 Å². The zero-order chi connectivity index (χ0) is 22.5. The number of nitrogens with one attached hydrogen (secondary N) is 2. The van der Waals surface area contributed by atoms with Gasteiger partial charge in [0.1, 0.15) is 5.82 Å². The van der Waals surface area contributed by atoms with Crippen LogP contribution in [0.2, 0.25) is 0 Å². The lowest BCUT2D eigenvalue weighted by molar-refractivity contribution is 0.0952. The standard InChI is InChI=1S/C26H35N5O/c1-18(2)14-23-25(29-21-10-4-3-5-11-21)31-13-7-12-22(24(31)30-23)26(32)28-17-20-9-6-8-19(15-20)16-27/h6-9,12-13,15,18,21,29H,3-5,10-11,14,16-17,27H2,1-2H3,(H,28,32). The Labute approximate surface area is 190 Å². The summed E-state index contributed by atoms with van der Waals surface area (Å²) in [6, 6.07) is 12.3. The van der Waals surface area contributed by atoms with Crippen molar-refractivity contribution in [3.05, 3.63) is 65.0 Å². The van der Waals surface area contributed by atoms with Crippen LogP contribution in [0, 0.1) is 5.92 Å². The molecule has 1 aromatic carbocycles. The third-order valence-electron chi connectivity index (χ3n) is 6.19. The molecule has 170 valence electrons. The number of rotatable bonds is 8. The van der Waals surface area contributed by atoms with Gasteiger partial charge in [0.05, 0.1) is 11.3 Å². The van der Waals surface area contributed by atoms with Crippen LogP contribution in [0.1, 0.15) is 73.1 Å². The number of fused-ring (bicyclic) bond motifs is 1. The predicted molar refractivity (Wildman–Crippen MR) is 130 cm³/mol. The predicted octanol–water partition coefficient (Wildman–Crippen LogP) is 4.67. The molecule has 0 unspecified atom stereocenters. The maximum Gasteiger partial charge on any atom is 0.255 e. The molecular weight excluding hydrogens is 398 g/mol. The lowest BCUT2D eigenvalue weighted by Crippen LogP contribution is -2.24. The highest BCUT2D eigenvalue weighted by atomic mass is 16.1. The van der Waals surface area contributed by atoms with E-state index in [0.717, 1.165) is 34.7 Å². The van der Waals surface area contributed by atoms with E-state index in [2.05, 4.69) is 28.9 Å². The van der Waals surface area contributed by atoms with Crippen LogP contribution in [0.4, 0.5) is 5.82 Å². The second-order valence-corrected chi connectivity index (χ2v) is 9.31. The Morgan fingerprint density at radius 2 is 1.94 bits per heavy atom. The van der Waals surface area contributed by atoms with Gasteiger partial charge in [0.25, 0.3) is 5.91 Å². The maximum atomic E-state index is 13.1. The molecule has 1 aliphatic carbocycles. The van der Waals surface area contributed by atoms with Gasteiger partial charge in [0.15, 0.2) is 5.65 Å². The van der Waals surface area contributed by atoms with Gasteiger partial charge >= 0.3 is 0 Å². The fourth-order valence-corrected chi connectivity index (χ4v) is 4.56. The third-order valence-corrected chi connectivity index (χ3v) is 6.19. The summed E-state index contributed by atoms with van der Waals surface area (Å²) in [6.45, 7) is 5.36. The van der Waals surface area contributed by atoms with Crippen molar-refractivity contribution in [2.45, 2.75) is 71.5 Å². The molecule has 32 heavy (non-hydrogen) atoms. The number of benzene rings is 1. The molecule has 0 aliphatic heterocycles. The Morgan fingerprint density at radius 3 is 2.69 bits per heavy atom. The van der Waals surface area contributed by atoms with E-state index in [0.29, 0.717) is 30.6 Å². The average molecular weight is 434 g/mol. The Kier molecular flexibility index (Phi) is 7.10. The summed E-state index contributed by atoms with van der Waals surface area (Å²) in [7, 11) is 0. The van der Waals surface area contributed by atoms with Gasteiger partial charge in [-0.3, -0.25) is 9.20 Å². The molecule has 1 saturated carbocycles. The van der Waals surface area contributed by atoms with Gasteiger partial charge in [0.2, 0.25) is 0 Å². The van der Waals surface area contributed by atoms with Crippen molar-refractivity contribution >= 4 is 17.4 Å². The van der Waals surface area contributed by atoms with Crippen LogP contribution in [0.3, 0.4) is 0 Å². The molecule has 1 aliphatic rings. The van der Waals surface area contributed by atoms with E-state index in [4.69, 9.17) is 10.7 Å². The van der Waals surface area contributed by atoms with Crippen LogP contribution in [0.15, 0.2) is 42.6 Å². The van der Waals surface area contributed by atoms with Crippen molar-refractivity contribution in [3.63, 3.8) is 0 Å². The Bertz CT molecular complexity index is 1070. The molecule has 0 spiro atoms. The van der Waals surface area contributed by atoms with Crippen molar-refractivity contribution in [1.29, 1.82) is 0 Å². The number of anilines is 1. The van der Waals surface area contributed by atoms with E-state index < -0.39 is 0 Å². The summed E-state index contributed by atoms with van der Waals surface area (Å²) in [6.07, 6.45) is 9.14. The van der Waals surface area contributed by atoms with Gasteiger partial charge in [-0.25, -0.2) is 4.98 Å². The summed E-state index contributed by atoms with van der Waals surface area (Å²) in [5.74, 6) is 1.42. The molecule has 2 heterocycles. The molecule has 1 fully saturated rings. The largest absolute Gasteiger partial charge is 0.367 e. The van der Waals surface area contributed by atoms with E-state index in [1.165, 1.54) is 32.1 Å². The fourth-order valence-electron chi connectivity index (χ4n) is 4.56. The van der Waals surface area contributed by atoms with E-state index in [9.17, 15) is 4.79 Å². The van der Waals surface area contributed by atoms with E-state index >= 15 is 0 Å². The minimum Gasteiger partial charge on any atom is -0.367 e. The quantitative estimate of drug-likeness (QED) is 0.482. The maximum absolute atomic E-state index is 13.1. The number of amides is 1. The first-order chi connectivity index (χ1) is 15.5. The molecule has 4 N–H and O–H groups in total. The van der Waals surface area contributed by atoms with Crippen LogP contribution in [0.25, 0.3) is 5.65 Å². The summed E-state index contributed by atoms with van der Waals surface area (Å²) < 4.78 is 2.07. The van der Waals surface area contributed by atoms with Gasteiger partial charge in [0, 0.05) is 25.3 Å². The molecule has 0 atom stereocenters. The highest BCUT2D eigenvalue weighted by Gasteiger charge is 2.22. The molecule has 0 saturated heterocycles. The second-order valence-electron chi connectivity index (χ2n) is 9.31. The molecule has 3 aromatic rings. The van der Waals surface area contributed by atoms with Gasteiger partial charge < -0.3 is 16.4 Å². The number of hydrogen-bond acceptors (Lipinski definition) is 4. The highest BCUT2D eigenvalue weighted by Crippen LogP contribution is 2.27. The number of nitrogens with two attached hydrogens (primary N) is 1. The monoisotopic (exact) mass is 433 g/mol. The summed E-state index contributed by atoms with van der Waals surface area (Å²) >= 11 is 0.